The third-order valence-corrected chi connectivity index (χ3v) is 3.74. The molecule has 1 heterocycles. The van der Waals surface area contributed by atoms with Gasteiger partial charge in [-0.15, -0.1) is 0 Å². The molecule has 0 saturated carbocycles. The molecule has 5 heteroatoms. The molecule has 0 spiro atoms. The predicted molar refractivity (Wildman–Crippen MR) is 84.3 cm³/mol. The van der Waals surface area contributed by atoms with E-state index in [1.165, 1.54) is 0 Å². The monoisotopic (exact) mass is 300 g/mol. The number of ether oxygens (including phenoxy) is 1. The van der Waals surface area contributed by atoms with E-state index >= 15 is 0 Å². The molecule has 0 aromatic heterocycles. The molecule has 1 aliphatic rings. The standard InChI is InChI=1S/C16H32N2O3/c1-15(2,3)13(8-10-19)17-12-7-9-18(11-12)14(20)21-16(4,5)6/h12-13,17,19H,7-11H2,1-6H3/t12-,13-/m0/s1. The second kappa shape index (κ2) is 6.97. The van der Waals surface area contributed by atoms with Crippen molar-refractivity contribution in [3.63, 3.8) is 0 Å². The van der Waals surface area contributed by atoms with Gasteiger partial charge in [0.15, 0.2) is 0 Å². The molecular weight excluding hydrogens is 268 g/mol. The summed E-state index contributed by atoms with van der Waals surface area (Å²) >= 11 is 0. The van der Waals surface area contributed by atoms with Crippen LogP contribution in [0.4, 0.5) is 4.79 Å². The summed E-state index contributed by atoms with van der Waals surface area (Å²) in [5, 5.41) is 12.8. The van der Waals surface area contributed by atoms with Crippen LogP contribution in [0.3, 0.4) is 0 Å². The molecule has 0 unspecified atom stereocenters. The highest BCUT2D eigenvalue weighted by Gasteiger charge is 2.33. The first kappa shape index (κ1) is 18.2. The first-order valence-electron chi connectivity index (χ1n) is 7.88. The molecule has 2 atom stereocenters. The van der Waals surface area contributed by atoms with Crippen molar-refractivity contribution in [2.24, 2.45) is 5.41 Å². The Morgan fingerprint density at radius 1 is 1.33 bits per heavy atom. The van der Waals surface area contributed by atoms with Crippen molar-refractivity contribution in [2.45, 2.75) is 72.1 Å². The van der Waals surface area contributed by atoms with Gasteiger partial charge in [0.25, 0.3) is 0 Å². The molecule has 0 aliphatic carbocycles. The first-order valence-corrected chi connectivity index (χ1v) is 7.88. The van der Waals surface area contributed by atoms with Crippen molar-refractivity contribution < 1.29 is 14.6 Å². The molecule has 1 saturated heterocycles. The smallest absolute Gasteiger partial charge is 0.410 e. The van der Waals surface area contributed by atoms with E-state index in [1.54, 1.807) is 4.90 Å². The lowest BCUT2D eigenvalue weighted by atomic mass is 9.84. The van der Waals surface area contributed by atoms with Crippen molar-refractivity contribution in [1.29, 1.82) is 0 Å². The number of aliphatic hydroxyl groups excluding tert-OH is 1. The average Bonchev–Trinajstić information content (AvgIpc) is 2.73. The topological polar surface area (TPSA) is 61.8 Å². The highest BCUT2D eigenvalue weighted by Crippen LogP contribution is 2.24. The van der Waals surface area contributed by atoms with E-state index in [2.05, 4.69) is 26.1 Å². The van der Waals surface area contributed by atoms with E-state index < -0.39 is 5.60 Å². The lowest BCUT2D eigenvalue weighted by Gasteiger charge is -2.33. The maximum absolute atomic E-state index is 12.1. The fraction of sp³-hybridized carbons (Fsp3) is 0.938. The summed E-state index contributed by atoms with van der Waals surface area (Å²) in [6, 6.07) is 0.513. The SMILES string of the molecule is CC(C)(C)OC(=O)N1CC[C@H](N[C@@H](CCO)C(C)(C)C)C1. The zero-order valence-electron chi connectivity index (χ0n) is 14.4. The van der Waals surface area contributed by atoms with Gasteiger partial charge in [-0.25, -0.2) is 4.79 Å². The van der Waals surface area contributed by atoms with Crippen LogP contribution < -0.4 is 5.32 Å². The third-order valence-electron chi connectivity index (χ3n) is 3.74. The average molecular weight is 300 g/mol. The molecule has 5 nitrogen and oxygen atoms in total. The lowest BCUT2D eigenvalue weighted by Crippen LogP contribution is -2.47. The zero-order valence-corrected chi connectivity index (χ0v) is 14.4. The Hall–Kier alpha value is -0.810. The summed E-state index contributed by atoms with van der Waals surface area (Å²) in [7, 11) is 0. The first-order chi connectivity index (χ1) is 9.53. The maximum Gasteiger partial charge on any atom is 0.410 e. The van der Waals surface area contributed by atoms with Gasteiger partial charge in [0.1, 0.15) is 5.60 Å². The van der Waals surface area contributed by atoms with Crippen LogP contribution in [0.15, 0.2) is 0 Å². The van der Waals surface area contributed by atoms with Crippen LogP contribution in [-0.4, -0.2) is 53.5 Å². The van der Waals surface area contributed by atoms with Crippen LogP contribution in [-0.2, 0) is 4.74 Å². The molecule has 124 valence electrons. The van der Waals surface area contributed by atoms with E-state index in [0.29, 0.717) is 6.54 Å². The van der Waals surface area contributed by atoms with Crippen molar-refractivity contribution in [2.75, 3.05) is 19.7 Å². The fourth-order valence-corrected chi connectivity index (χ4v) is 2.57. The number of hydrogen-bond acceptors (Lipinski definition) is 4. The van der Waals surface area contributed by atoms with Crippen LogP contribution in [0, 0.1) is 5.41 Å². The number of nitrogens with zero attached hydrogens (tertiary/aromatic N) is 1. The summed E-state index contributed by atoms with van der Waals surface area (Å²) in [5.41, 5.74) is -0.366. The Kier molecular flexibility index (Phi) is 6.05. The van der Waals surface area contributed by atoms with Gasteiger partial charge in [-0.2, -0.15) is 0 Å². The van der Waals surface area contributed by atoms with E-state index in [-0.39, 0.29) is 30.2 Å². The van der Waals surface area contributed by atoms with Crippen molar-refractivity contribution in [3.8, 4) is 0 Å². The predicted octanol–water partition coefficient (Wildman–Crippen LogP) is 2.38. The van der Waals surface area contributed by atoms with Crippen molar-refractivity contribution >= 4 is 6.09 Å². The minimum Gasteiger partial charge on any atom is -0.444 e. The van der Waals surface area contributed by atoms with Crippen molar-refractivity contribution in [1.82, 2.24) is 10.2 Å². The summed E-state index contributed by atoms with van der Waals surface area (Å²) in [6.07, 6.45) is 1.42. The Bertz CT molecular complexity index is 344. The minimum atomic E-state index is -0.451. The number of rotatable bonds is 4. The van der Waals surface area contributed by atoms with E-state index in [1.807, 2.05) is 20.8 Å². The molecule has 1 rings (SSSR count). The molecule has 0 aromatic carbocycles. The van der Waals surface area contributed by atoms with Crippen LogP contribution in [0.1, 0.15) is 54.4 Å². The van der Waals surface area contributed by atoms with Gasteiger partial charge >= 0.3 is 6.09 Å². The van der Waals surface area contributed by atoms with Gasteiger partial charge in [0.05, 0.1) is 0 Å². The van der Waals surface area contributed by atoms with Gasteiger partial charge in [-0.1, -0.05) is 20.8 Å². The Labute approximate surface area is 129 Å². The molecule has 0 bridgehead atoms. The van der Waals surface area contributed by atoms with Gasteiger partial charge in [0.2, 0.25) is 0 Å². The Morgan fingerprint density at radius 3 is 2.43 bits per heavy atom. The number of carbonyl (C=O) groups excluding carboxylic acids is 1. The molecule has 0 aromatic rings. The Morgan fingerprint density at radius 2 is 1.95 bits per heavy atom. The quantitative estimate of drug-likeness (QED) is 0.837. The van der Waals surface area contributed by atoms with Gasteiger partial charge in [-0.3, -0.25) is 0 Å². The van der Waals surface area contributed by atoms with Gasteiger partial charge < -0.3 is 20.1 Å². The second-order valence-electron chi connectivity index (χ2n) is 8.01. The maximum atomic E-state index is 12.1. The Balaban J connectivity index is 2.52. The second-order valence-corrected chi connectivity index (χ2v) is 8.01. The molecule has 0 radical (unpaired) electrons. The molecule has 1 amide bonds. The normalized spacial score (nSPS) is 21.5. The highest BCUT2D eigenvalue weighted by atomic mass is 16.6. The number of amides is 1. The summed E-state index contributed by atoms with van der Waals surface area (Å²) in [5.74, 6) is 0. The van der Waals surface area contributed by atoms with Crippen LogP contribution in [0.5, 0.6) is 0 Å². The number of likely N-dealkylation sites (tertiary alicyclic amines) is 1. The highest BCUT2D eigenvalue weighted by molar-refractivity contribution is 5.68. The number of carbonyl (C=O) groups is 1. The van der Waals surface area contributed by atoms with E-state index in [0.717, 1.165) is 19.4 Å². The van der Waals surface area contributed by atoms with Crippen LogP contribution in [0.25, 0.3) is 0 Å². The molecule has 2 N–H and O–H groups in total. The van der Waals surface area contributed by atoms with Gasteiger partial charge in [0, 0.05) is 31.8 Å². The largest absolute Gasteiger partial charge is 0.444 e. The van der Waals surface area contributed by atoms with E-state index in [4.69, 9.17) is 4.74 Å². The van der Waals surface area contributed by atoms with Crippen LogP contribution >= 0.6 is 0 Å². The zero-order chi connectivity index (χ0) is 16.3. The van der Waals surface area contributed by atoms with Crippen molar-refractivity contribution in [3.05, 3.63) is 0 Å². The molecular formula is C16H32N2O3. The van der Waals surface area contributed by atoms with Crippen LogP contribution in [0.2, 0.25) is 0 Å². The van der Waals surface area contributed by atoms with E-state index in [9.17, 15) is 9.90 Å². The minimum absolute atomic E-state index is 0.0854. The number of nitrogens with one attached hydrogen (secondary N) is 1. The molecule has 1 aliphatic heterocycles. The lowest BCUT2D eigenvalue weighted by molar-refractivity contribution is 0.0289. The molecule has 21 heavy (non-hydrogen) atoms. The summed E-state index contributed by atoms with van der Waals surface area (Å²) < 4.78 is 5.41. The summed E-state index contributed by atoms with van der Waals surface area (Å²) in [4.78, 5) is 13.8. The third kappa shape index (κ3) is 6.22. The van der Waals surface area contributed by atoms with Gasteiger partial charge in [-0.05, 0) is 39.0 Å². The fourth-order valence-electron chi connectivity index (χ4n) is 2.57. The number of aliphatic hydroxyl groups is 1. The number of hydrogen-bond donors (Lipinski definition) is 2. The molecule has 1 fully saturated rings. The summed E-state index contributed by atoms with van der Waals surface area (Å²) in [6.45, 7) is 13.7.